The third kappa shape index (κ3) is 2.39. The minimum Gasteiger partial charge on any atom is -0.394 e. The van der Waals surface area contributed by atoms with Crippen LogP contribution in [0.4, 0.5) is 5.82 Å². The maximum atomic E-state index is 9.24. The lowest BCUT2D eigenvalue weighted by Gasteiger charge is -2.16. The van der Waals surface area contributed by atoms with Crippen molar-refractivity contribution >= 4 is 28.6 Å². The maximum absolute atomic E-state index is 9.24. The number of aliphatic hydroxyl groups is 1. The summed E-state index contributed by atoms with van der Waals surface area (Å²) in [5.74, 6) is 0.616. The van der Waals surface area contributed by atoms with E-state index in [2.05, 4.69) is 20.3 Å². The summed E-state index contributed by atoms with van der Waals surface area (Å²) in [7, 11) is 0. The Balaban J connectivity index is 2.49. The van der Waals surface area contributed by atoms with E-state index in [4.69, 9.17) is 11.6 Å². The molecule has 98 valence electrons. The molecule has 2 aromatic heterocycles. The number of halogens is 1. The van der Waals surface area contributed by atoms with E-state index in [1.54, 1.807) is 6.33 Å². The smallest absolute Gasteiger partial charge is 0.226 e. The fraction of sp³-hybridized carbons (Fsp3) is 0.545. The number of aryl methyl sites for hydroxylation is 1. The molecule has 7 heteroatoms. The molecule has 0 radical (unpaired) electrons. The van der Waals surface area contributed by atoms with Gasteiger partial charge in [0.2, 0.25) is 5.28 Å². The molecular weight excluding hydrogens is 254 g/mol. The highest BCUT2D eigenvalue weighted by Crippen LogP contribution is 2.22. The van der Waals surface area contributed by atoms with E-state index in [-0.39, 0.29) is 17.9 Å². The van der Waals surface area contributed by atoms with E-state index in [9.17, 15) is 5.11 Å². The second kappa shape index (κ2) is 5.49. The van der Waals surface area contributed by atoms with Crippen molar-refractivity contribution < 1.29 is 5.11 Å². The van der Waals surface area contributed by atoms with Crippen molar-refractivity contribution in [2.45, 2.75) is 32.9 Å². The summed E-state index contributed by atoms with van der Waals surface area (Å²) in [6.07, 6.45) is 2.50. The molecule has 0 amide bonds. The van der Waals surface area contributed by atoms with Gasteiger partial charge in [-0.3, -0.25) is 0 Å². The van der Waals surface area contributed by atoms with Gasteiger partial charge in [-0.25, -0.2) is 4.98 Å². The average molecular weight is 270 g/mol. The Bertz CT molecular complexity index is 537. The number of imidazole rings is 1. The van der Waals surface area contributed by atoms with Crippen molar-refractivity contribution in [1.82, 2.24) is 19.5 Å². The number of anilines is 1. The minimum atomic E-state index is -0.0561. The topological polar surface area (TPSA) is 75.9 Å². The summed E-state index contributed by atoms with van der Waals surface area (Å²) in [6, 6.07) is -0.0561. The van der Waals surface area contributed by atoms with Crippen molar-refractivity contribution in [3.05, 3.63) is 11.6 Å². The first kappa shape index (κ1) is 13.0. The van der Waals surface area contributed by atoms with Gasteiger partial charge in [0, 0.05) is 6.54 Å². The number of hydrogen-bond acceptors (Lipinski definition) is 5. The Kier molecular flexibility index (Phi) is 3.98. The lowest BCUT2D eigenvalue weighted by molar-refractivity contribution is 0.271. The zero-order valence-corrected chi connectivity index (χ0v) is 11.1. The van der Waals surface area contributed by atoms with Crippen LogP contribution in [0, 0.1) is 0 Å². The van der Waals surface area contributed by atoms with Crippen molar-refractivity contribution in [1.29, 1.82) is 0 Å². The van der Waals surface area contributed by atoms with Gasteiger partial charge in [-0.15, -0.1) is 0 Å². The van der Waals surface area contributed by atoms with E-state index < -0.39 is 0 Å². The van der Waals surface area contributed by atoms with Crippen LogP contribution in [-0.4, -0.2) is 37.3 Å². The molecule has 18 heavy (non-hydrogen) atoms. The summed E-state index contributed by atoms with van der Waals surface area (Å²) < 4.78 is 1.94. The molecule has 0 saturated heterocycles. The number of aromatic nitrogens is 4. The van der Waals surface area contributed by atoms with E-state index in [1.807, 2.05) is 18.4 Å². The molecule has 0 saturated carbocycles. The highest BCUT2D eigenvalue weighted by atomic mass is 35.5. The molecule has 0 fully saturated rings. The second-order valence-electron chi connectivity index (χ2n) is 3.98. The maximum Gasteiger partial charge on any atom is 0.226 e. The fourth-order valence-electron chi connectivity index (χ4n) is 1.76. The van der Waals surface area contributed by atoms with Crippen LogP contribution in [-0.2, 0) is 6.54 Å². The molecule has 0 bridgehead atoms. The Morgan fingerprint density at radius 2 is 2.22 bits per heavy atom. The molecule has 1 unspecified atom stereocenters. The zero-order valence-electron chi connectivity index (χ0n) is 10.4. The fourth-order valence-corrected chi connectivity index (χ4v) is 1.93. The summed E-state index contributed by atoms with van der Waals surface area (Å²) in [5, 5.41) is 12.6. The number of rotatable bonds is 5. The van der Waals surface area contributed by atoms with Gasteiger partial charge in [0.05, 0.1) is 19.0 Å². The molecule has 2 rings (SSSR count). The molecule has 0 aliphatic rings. The summed E-state index contributed by atoms with van der Waals surface area (Å²) in [5.41, 5.74) is 1.38. The van der Waals surface area contributed by atoms with E-state index in [1.165, 1.54) is 0 Å². The number of hydrogen-bond donors (Lipinski definition) is 2. The molecule has 0 aliphatic heterocycles. The molecule has 2 aromatic rings. The quantitative estimate of drug-likeness (QED) is 0.808. The van der Waals surface area contributed by atoms with E-state index in [0.717, 1.165) is 18.5 Å². The Morgan fingerprint density at radius 3 is 2.83 bits per heavy atom. The number of fused-ring (bicyclic) bond motifs is 1. The SMILES string of the molecule is CCC(CO)Nc1nc(Cl)nc2ncn(CC)c12. The Labute approximate surface area is 110 Å². The molecule has 0 aliphatic carbocycles. The highest BCUT2D eigenvalue weighted by Gasteiger charge is 2.14. The van der Waals surface area contributed by atoms with Gasteiger partial charge in [-0.2, -0.15) is 9.97 Å². The number of nitrogens with zero attached hydrogens (tertiary/aromatic N) is 4. The minimum absolute atomic E-state index is 0.0415. The van der Waals surface area contributed by atoms with Gasteiger partial charge >= 0.3 is 0 Å². The van der Waals surface area contributed by atoms with Gasteiger partial charge in [0.1, 0.15) is 5.52 Å². The van der Waals surface area contributed by atoms with Gasteiger partial charge < -0.3 is 15.0 Å². The lowest BCUT2D eigenvalue weighted by Crippen LogP contribution is -2.23. The summed E-state index contributed by atoms with van der Waals surface area (Å²) >= 11 is 5.87. The van der Waals surface area contributed by atoms with Crippen LogP contribution in [0.25, 0.3) is 11.2 Å². The van der Waals surface area contributed by atoms with Gasteiger partial charge in [0.15, 0.2) is 11.5 Å². The predicted octanol–water partition coefficient (Wildman–Crippen LogP) is 1.68. The van der Waals surface area contributed by atoms with Crippen LogP contribution in [0.15, 0.2) is 6.33 Å². The Morgan fingerprint density at radius 1 is 1.44 bits per heavy atom. The normalized spacial score (nSPS) is 12.9. The lowest BCUT2D eigenvalue weighted by atomic mass is 10.2. The van der Waals surface area contributed by atoms with Gasteiger partial charge in [-0.1, -0.05) is 6.92 Å². The summed E-state index contributed by atoms with van der Waals surface area (Å²) in [6.45, 7) is 4.82. The first-order valence-electron chi connectivity index (χ1n) is 5.95. The van der Waals surface area contributed by atoms with Crippen molar-refractivity contribution in [2.75, 3.05) is 11.9 Å². The first-order chi connectivity index (χ1) is 8.69. The van der Waals surface area contributed by atoms with Gasteiger partial charge in [-0.05, 0) is 24.9 Å². The number of aliphatic hydroxyl groups excluding tert-OH is 1. The average Bonchev–Trinajstić information content (AvgIpc) is 2.78. The third-order valence-electron chi connectivity index (χ3n) is 2.84. The van der Waals surface area contributed by atoms with Crippen molar-refractivity contribution in [2.24, 2.45) is 0 Å². The molecular formula is C11H16ClN5O. The summed E-state index contributed by atoms with van der Waals surface area (Å²) in [4.78, 5) is 12.5. The van der Waals surface area contributed by atoms with Crippen LogP contribution < -0.4 is 5.32 Å². The largest absolute Gasteiger partial charge is 0.394 e. The van der Waals surface area contributed by atoms with E-state index in [0.29, 0.717) is 11.5 Å². The Hall–Kier alpha value is -1.40. The van der Waals surface area contributed by atoms with Crippen molar-refractivity contribution in [3.8, 4) is 0 Å². The molecule has 6 nitrogen and oxygen atoms in total. The standard InChI is InChI=1S/C11H16ClN5O/c1-3-7(5-18)14-10-8-9(15-11(12)16-10)13-6-17(8)4-2/h6-7,18H,3-5H2,1-2H3,(H,14,15,16). The highest BCUT2D eigenvalue weighted by molar-refractivity contribution is 6.28. The van der Waals surface area contributed by atoms with Gasteiger partial charge in [0.25, 0.3) is 0 Å². The predicted molar refractivity (Wildman–Crippen MR) is 70.8 cm³/mol. The molecule has 0 aromatic carbocycles. The van der Waals surface area contributed by atoms with Crippen LogP contribution in [0.1, 0.15) is 20.3 Å². The third-order valence-corrected chi connectivity index (χ3v) is 3.01. The van der Waals surface area contributed by atoms with Crippen LogP contribution in [0.5, 0.6) is 0 Å². The second-order valence-corrected chi connectivity index (χ2v) is 4.31. The van der Waals surface area contributed by atoms with Crippen LogP contribution in [0.3, 0.4) is 0 Å². The number of nitrogens with one attached hydrogen (secondary N) is 1. The van der Waals surface area contributed by atoms with E-state index >= 15 is 0 Å². The molecule has 2 heterocycles. The zero-order chi connectivity index (χ0) is 13.1. The van der Waals surface area contributed by atoms with Crippen molar-refractivity contribution in [3.63, 3.8) is 0 Å². The monoisotopic (exact) mass is 269 g/mol. The van der Waals surface area contributed by atoms with Crippen LogP contribution >= 0.6 is 11.6 Å². The molecule has 0 spiro atoms. The molecule has 2 N–H and O–H groups in total. The first-order valence-corrected chi connectivity index (χ1v) is 6.33. The van der Waals surface area contributed by atoms with Crippen LogP contribution in [0.2, 0.25) is 5.28 Å². The molecule has 1 atom stereocenters.